The fourth-order valence-corrected chi connectivity index (χ4v) is 8.13. The van der Waals surface area contributed by atoms with Gasteiger partial charge < -0.3 is 33.9 Å². The van der Waals surface area contributed by atoms with Gasteiger partial charge >= 0.3 is 25.7 Å². The number of benzene rings is 1. The van der Waals surface area contributed by atoms with E-state index in [1.807, 2.05) is 0 Å². The van der Waals surface area contributed by atoms with Crippen LogP contribution in [0.4, 0.5) is 5.82 Å². The molecule has 1 saturated carbocycles. The number of carbonyl (C=O) groups excluding carboxylic acids is 3. The first-order valence-corrected chi connectivity index (χ1v) is 18.5. The largest absolute Gasteiger partial charge is 0.461 e. The number of hydrogen-bond acceptors (Lipinski definition) is 14. The lowest BCUT2D eigenvalue weighted by molar-refractivity contribution is -0.181. The Balaban J connectivity index is 1.38. The van der Waals surface area contributed by atoms with Crippen molar-refractivity contribution in [3.05, 3.63) is 54.5 Å². The van der Waals surface area contributed by atoms with Crippen molar-refractivity contribution in [2.45, 2.75) is 96.0 Å². The second-order valence-electron chi connectivity index (χ2n) is 13.7. The Labute approximate surface area is 295 Å². The number of anilines is 1. The van der Waals surface area contributed by atoms with Crippen molar-refractivity contribution in [1.82, 2.24) is 19.7 Å². The highest BCUT2D eigenvalue weighted by Gasteiger charge is 2.91. The summed E-state index contributed by atoms with van der Waals surface area (Å²) >= 11 is 0. The molecule has 0 amide bonds. The highest BCUT2D eigenvalue weighted by molar-refractivity contribution is 7.52. The molecule has 0 spiro atoms. The van der Waals surface area contributed by atoms with Gasteiger partial charge in [-0.05, 0) is 38.1 Å². The van der Waals surface area contributed by atoms with Crippen molar-refractivity contribution >= 4 is 37.0 Å². The number of nitrogens with two attached hydrogens (primary N) is 1. The van der Waals surface area contributed by atoms with Crippen LogP contribution in [0.25, 0.3) is 5.52 Å². The summed E-state index contributed by atoms with van der Waals surface area (Å²) in [6.45, 7) is 10.6. The number of nitrogen functional groups attached to an aromatic ring is 1. The van der Waals surface area contributed by atoms with E-state index in [0.29, 0.717) is 37.3 Å². The van der Waals surface area contributed by atoms with E-state index < -0.39 is 73.0 Å². The van der Waals surface area contributed by atoms with Crippen LogP contribution in [0.3, 0.4) is 0 Å². The van der Waals surface area contributed by atoms with Gasteiger partial charge in [0.1, 0.15) is 47.5 Å². The first-order valence-electron chi connectivity index (χ1n) is 17.0. The highest BCUT2D eigenvalue weighted by atomic mass is 31.2. The zero-order valence-corrected chi connectivity index (χ0v) is 30.2. The Bertz CT molecular complexity index is 1820. The van der Waals surface area contributed by atoms with Gasteiger partial charge in [-0.3, -0.25) is 18.9 Å². The van der Waals surface area contributed by atoms with Gasteiger partial charge in [0.05, 0.1) is 30.7 Å². The third-order valence-corrected chi connectivity index (χ3v) is 10.9. The number of hydrogen-bond donors (Lipinski definition) is 2. The molecule has 51 heavy (non-hydrogen) atoms. The van der Waals surface area contributed by atoms with Crippen molar-refractivity contribution < 1.29 is 51.7 Å². The summed E-state index contributed by atoms with van der Waals surface area (Å²) < 4.78 is 58.6. The quantitative estimate of drug-likeness (QED) is 0.145. The van der Waals surface area contributed by atoms with Gasteiger partial charge in [-0.2, -0.15) is 10.2 Å². The Morgan fingerprint density at radius 1 is 0.980 bits per heavy atom. The van der Waals surface area contributed by atoms with Crippen LogP contribution in [0.15, 0.2) is 48.8 Å². The molecular weight excluding hydrogens is 685 g/mol. The van der Waals surface area contributed by atoms with Crippen LogP contribution in [-0.4, -0.2) is 81.3 Å². The van der Waals surface area contributed by atoms with Gasteiger partial charge in [-0.25, -0.2) is 14.1 Å². The molecule has 1 aromatic carbocycles. The molecule has 17 heteroatoms. The molecule has 2 aromatic heterocycles. The van der Waals surface area contributed by atoms with Crippen LogP contribution >= 0.6 is 7.75 Å². The van der Waals surface area contributed by atoms with Gasteiger partial charge in [-0.15, -0.1) is 0 Å². The standard InChI is InChI=1S/C34H44N5O11P/c1-19(2)29(40)46-27-26(24-12-13-25-28(35)36-18-37-39(24)25)47-33(6)32(34(27,33)48-30(41)20(3)4)50-51(43,49-23-10-8-7-9-11-23)38-21(5)31(42)45-22-14-16-44-17-15-22/h7-13,18-22,26-27,32H,14-17H2,1-6H3,(H,38,43)(H2,35,36,37)/t21-,26-,27-,32?,33+,34+,51?/m0/s1. The third-order valence-electron chi connectivity index (χ3n) is 9.28. The van der Waals surface area contributed by atoms with E-state index in [9.17, 15) is 18.9 Å². The molecule has 1 aliphatic carbocycles. The van der Waals surface area contributed by atoms with Crippen LogP contribution < -0.4 is 15.3 Å². The molecule has 16 nitrogen and oxygen atoms in total. The maximum absolute atomic E-state index is 14.8. The number of esters is 3. The van der Waals surface area contributed by atoms with Crippen LogP contribution in [-0.2, 0) is 47.2 Å². The van der Waals surface area contributed by atoms with Crippen LogP contribution in [0, 0.1) is 11.8 Å². The number of nitrogens with zero attached hydrogens (tertiary/aromatic N) is 3. The monoisotopic (exact) mass is 729 g/mol. The average molecular weight is 730 g/mol. The predicted octanol–water partition coefficient (Wildman–Crippen LogP) is 3.93. The van der Waals surface area contributed by atoms with Crippen LogP contribution in [0.1, 0.15) is 66.2 Å². The van der Waals surface area contributed by atoms with Crippen molar-refractivity contribution in [3.8, 4) is 5.75 Å². The van der Waals surface area contributed by atoms with E-state index in [2.05, 4.69) is 15.2 Å². The number of carbonyl (C=O) groups is 3. The Morgan fingerprint density at radius 3 is 2.33 bits per heavy atom. The number of nitrogens with one attached hydrogen (secondary N) is 1. The van der Waals surface area contributed by atoms with Gasteiger partial charge in [-0.1, -0.05) is 45.9 Å². The Hall–Kier alpha value is -4.08. The fraction of sp³-hybridized carbons (Fsp3) is 0.559. The van der Waals surface area contributed by atoms with E-state index in [1.165, 1.54) is 17.8 Å². The Morgan fingerprint density at radius 2 is 1.67 bits per heavy atom. The SMILES string of the molecule is CC(C)C(=O)O[C@H]1[C@H](c2ccc3c(N)ncnn23)O[C@]2(C)C(OP(=O)(N[C@@H](C)C(=O)OC3CCOCC3)Oc3ccccc3)[C@]12OC(=O)C(C)C. The molecule has 276 valence electrons. The summed E-state index contributed by atoms with van der Waals surface area (Å²) in [5.74, 6) is -2.74. The van der Waals surface area contributed by atoms with Gasteiger partial charge in [0.2, 0.25) is 5.60 Å². The normalized spacial score (nSPS) is 27.8. The third kappa shape index (κ3) is 6.95. The molecule has 3 aliphatic rings. The molecule has 2 saturated heterocycles. The second kappa shape index (κ2) is 14.2. The van der Waals surface area contributed by atoms with E-state index >= 15 is 0 Å². The lowest BCUT2D eigenvalue weighted by Gasteiger charge is -2.31. The molecule has 4 heterocycles. The summed E-state index contributed by atoms with van der Waals surface area (Å²) in [6, 6.07) is 10.5. The summed E-state index contributed by atoms with van der Waals surface area (Å²) in [5.41, 5.74) is 3.64. The van der Waals surface area contributed by atoms with Gasteiger partial charge in [0, 0.05) is 12.8 Å². The molecule has 7 atom stereocenters. The number of para-hydroxylation sites is 1. The van der Waals surface area contributed by atoms with Crippen molar-refractivity contribution in [2.75, 3.05) is 18.9 Å². The van der Waals surface area contributed by atoms with E-state index in [-0.39, 0.29) is 17.7 Å². The number of rotatable bonds is 13. The van der Waals surface area contributed by atoms with Crippen LogP contribution in [0.5, 0.6) is 5.75 Å². The second-order valence-corrected chi connectivity index (χ2v) is 15.4. The molecule has 0 bridgehead atoms. The smallest absolute Gasteiger partial charge is 0.459 e. The molecule has 3 aromatic rings. The molecule has 6 rings (SSSR count). The predicted molar refractivity (Wildman–Crippen MR) is 180 cm³/mol. The first kappa shape index (κ1) is 36.7. The fourth-order valence-electron chi connectivity index (χ4n) is 6.36. The van der Waals surface area contributed by atoms with Crippen molar-refractivity contribution in [3.63, 3.8) is 0 Å². The molecule has 3 fully saturated rings. The zero-order chi connectivity index (χ0) is 36.7. The van der Waals surface area contributed by atoms with E-state index in [4.69, 9.17) is 38.5 Å². The topological polar surface area (TPSA) is 201 Å². The van der Waals surface area contributed by atoms with Crippen molar-refractivity contribution in [2.24, 2.45) is 11.8 Å². The molecule has 2 unspecified atom stereocenters. The lowest BCUT2D eigenvalue weighted by Crippen LogP contribution is -2.45. The first-order chi connectivity index (χ1) is 24.2. The number of ether oxygens (including phenoxy) is 5. The Kier molecular flexibility index (Phi) is 10.2. The summed E-state index contributed by atoms with van der Waals surface area (Å²) in [5, 5.41) is 7.04. The van der Waals surface area contributed by atoms with Gasteiger partial charge in [0.25, 0.3) is 0 Å². The molecule has 3 N–H and O–H groups in total. The minimum atomic E-state index is -4.54. The molecule has 0 radical (unpaired) electrons. The summed E-state index contributed by atoms with van der Waals surface area (Å²) in [4.78, 5) is 44.0. The summed E-state index contributed by atoms with van der Waals surface area (Å²) in [6.07, 6.45) is -1.72. The molecule has 2 aliphatic heterocycles. The van der Waals surface area contributed by atoms with Crippen molar-refractivity contribution in [1.29, 1.82) is 0 Å². The average Bonchev–Trinajstić information content (AvgIpc) is 3.35. The minimum absolute atomic E-state index is 0.168. The van der Waals surface area contributed by atoms with E-state index in [0.717, 1.165) is 0 Å². The van der Waals surface area contributed by atoms with E-state index in [1.54, 1.807) is 77.1 Å². The lowest BCUT2D eigenvalue weighted by atomic mass is 10.0. The summed E-state index contributed by atoms with van der Waals surface area (Å²) in [7, 11) is -4.54. The number of aromatic nitrogens is 3. The zero-order valence-electron chi connectivity index (χ0n) is 29.3. The molecular formula is C34H44N5O11P. The minimum Gasteiger partial charge on any atom is -0.461 e. The highest BCUT2D eigenvalue weighted by Crippen LogP contribution is 2.71. The maximum Gasteiger partial charge on any atom is 0.459 e. The van der Waals surface area contributed by atoms with Crippen LogP contribution in [0.2, 0.25) is 0 Å². The maximum atomic E-state index is 14.8. The van der Waals surface area contributed by atoms with Gasteiger partial charge in [0.15, 0.2) is 11.9 Å². The number of fused-ring (bicyclic) bond motifs is 2.